The van der Waals surface area contributed by atoms with Crippen LogP contribution in [-0.2, 0) is 15.6 Å². The number of carboxylic acid groups (broad SMARTS) is 1. The van der Waals surface area contributed by atoms with Crippen LogP contribution in [0.15, 0.2) is 41.3 Å². The zero-order valence-corrected chi connectivity index (χ0v) is 10.4. The highest BCUT2D eigenvalue weighted by atomic mass is 32.2. The van der Waals surface area contributed by atoms with Crippen LogP contribution in [0.5, 0.6) is 0 Å². The molecule has 0 saturated heterocycles. The Morgan fingerprint density at radius 1 is 1.26 bits per heavy atom. The number of carbonyl (C=O) groups is 1. The molecule has 0 fully saturated rings. The zero-order chi connectivity index (χ0) is 14.0. The Bertz CT molecular complexity index is 698. The highest BCUT2D eigenvalue weighted by molar-refractivity contribution is 7.86. The summed E-state index contributed by atoms with van der Waals surface area (Å²) in [6.07, 6.45) is 0. The molecule has 6 nitrogen and oxygen atoms in total. The van der Waals surface area contributed by atoms with Gasteiger partial charge in [-0.05, 0) is 17.5 Å². The van der Waals surface area contributed by atoms with Gasteiger partial charge in [0.15, 0.2) is 0 Å². The summed E-state index contributed by atoms with van der Waals surface area (Å²) in [5, 5.41) is 20.8. The summed E-state index contributed by atoms with van der Waals surface area (Å²) in [7, 11) is -1.94. The summed E-state index contributed by atoms with van der Waals surface area (Å²) < 4.78 is 11.8. The van der Waals surface area contributed by atoms with Gasteiger partial charge in [0, 0.05) is 0 Å². The number of nitro groups is 1. The van der Waals surface area contributed by atoms with Crippen LogP contribution in [-0.4, -0.2) is 26.0 Å². The third-order valence-corrected chi connectivity index (χ3v) is 3.88. The largest absolute Gasteiger partial charge is 0.481 e. The Kier molecular flexibility index (Phi) is 3.57. The van der Waals surface area contributed by atoms with Crippen LogP contribution in [0, 0.1) is 10.1 Å². The quantitative estimate of drug-likeness (QED) is 0.681. The smallest absolute Gasteiger partial charge is 0.316 e. The average Bonchev–Trinajstić information content (AvgIpc) is 2.36. The number of carboxylic acids is 1. The van der Waals surface area contributed by atoms with Crippen molar-refractivity contribution in [1.29, 1.82) is 0 Å². The van der Waals surface area contributed by atoms with Gasteiger partial charge in [0.05, 0.1) is 21.1 Å². The predicted molar refractivity (Wildman–Crippen MR) is 69.5 cm³/mol. The Balaban J connectivity index is 2.67. The number of hydrogen-bond donors (Lipinski definition) is 1. The highest BCUT2D eigenvalue weighted by Crippen LogP contribution is 2.31. The van der Waals surface area contributed by atoms with E-state index in [9.17, 15) is 19.1 Å². The average molecular weight is 279 g/mol. The van der Waals surface area contributed by atoms with Crippen molar-refractivity contribution in [1.82, 2.24) is 0 Å². The van der Waals surface area contributed by atoms with E-state index in [1.807, 2.05) is 0 Å². The molecule has 0 radical (unpaired) electrons. The second kappa shape index (κ2) is 5.15. The first kappa shape index (κ1) is 13.2. The Morgan fingerprint density at radius 2 is 1.95 bits per heavy atom. The molecule has 0 saturated carbocycles. The van der Waals surface area contributed by atoms with Gasteiger partial charge in [0.2, 0.25) is 0 Å². The Hall–Kier alpha value is -2.28. The lowest BCUT2D eigenvalue weighted by atomic mass is 10.1. The minimum absolute atomic E-state index is 0.0638. The number of rotatable bonds is 4. The van der Waals surface area contributed by atoms with Crippen LogP contribution >= 0.6 is 0 Å². The molecule has 0 spiro atoms. The number of nitrogens with zero attached hydrogens (tertiary/aromatic N) is 1. The number of fused-ring (bicyclic) bond motifs is 1. The molecule has 0 aliphatic rings. The van der Waals surface area contributed by atoms with E-state index < -0.39 is 27.4 Å². The monoisotopic (exact) mass is 279 g/mol. The van der Waals surface area contributed by atoms with Crippen LogP contribution in [0.25, 0.3) is 10.8 Å². The maximum Gasteiger partial charge on any atom is 0.316 e. The van der Waals surface area contributed by atoms with Crippen molar-refractivity contribution in [3.8, 4) is 0 Å². The summed E-state index contributed by atoms with van der Waals surface area (Å²) >= 11 is 0. The van der Waals surface area contributed by atoms with E-state index in [1.54, 1.807) is 30.3 Å². The van der Waals surface area contributed by atoms with E-state index in [-0.39, 0.29) is 10.6 Å². The molecule has 0 aliphatic carbocycles. The number of hydrogen-bond acceptors (Lipinski definition) is 4. The molecule has 0 amide bonds. The number of aliphatic carboxylic acids is 1. The molecule has 2 aromatic carbocycles. The SMILES string of the molecule is O=C(O)CS(=O)c1ccc2ccccc2c1[N+](=O)[O-]. The highest BCUT2D eigenvalue weighted by Gasteiger charge is 2.23. The first-order valence-corrected chi connectivity index (χ1v) is 6.59. The summed E-state index contributed by atoms with van der Waals surface area (Å²) in [4.78, 5) is 21.0. The van der Waals surface area contributed by atoms with Crippen LogP contribution in [0.2, 0.25) is 0 Å². The van der Waals surface area contributed by atoms with Crippen molar-refractivity contribution < 1.29 is 19.0 Å². The number of nitro benzene ring substituents is 1. The molecule has 0 bridgehead atoms. The van der Waals surface area contributed by atoms with Crippen molar-refractivity contribution in [2.45, 2.75) is 4.90 Å². The lowest BCUT2D eigenvalue weighted by Crippen LogP contribution is -2.10. The van der Waals surface area contributed by atoms with E-state index in [2.05, 4.69) is 0 Å². The lowest BCUT2D eigenvalue weighted by molar-refractivity contribution is -0.385. The van der Waals surface area contributed by atoms with E-state index in [0.717, 1.165) is 0 Å². The molecule has 7 heteroatoms. The van der Waals surface area contributed by atoms with Gasteiger partial charge in [-0.3, -0.25) is 19.1 Å². The molecular formula is C12H9NO5S. The maximum absolute atomic E-state index is 11.8. The summed E-state index contributed by atoms with van der Waals surface area (Å²) in [5.74, 6) is -1.92. The molecule has 1 unspecified atom stereocenters. The fraction of sp³-hybridized carbons (Fsp3) is 0.0833. The topological polar surface area (TPSA) is 97.5 Å². The lowest BCUT2D eigenvalue weighted by Gasteiger charge is -2.05. The van der Waals surface area contributed by atoms with Gasteiger partial charge < -0.3 is 5.11 Å². The van der Waals surface area contributed by atoms with Gasteiger partial charge >= 0.3 is 5.97 Å². The summed E-state index contributed by atoms with van der Waals surface area (Å²) in [6, 6.07) is 9.57. The van der Waals surface area contributed by atoms with Crippen molar-refractivity contribution in [3.05, 3.63) is 46.5 Å². The van der Waals surface area contributed by atoms with Crippen LogP contribution in [0.4, 0.5) is 5.69 Å². The van der Waals surface area contributed by atoms with E-state index >= 15 is 0 Å². The molecule has 2 rings (SSSR count). The number of benzene rings is 2. The maximum atomic E-state index is 11.8. The first-order valence-electron chi connectivity index (χ1n) is 5.27. The molecule has 1 atom stereocenters. The van der Waals surface area contributed by atoms with E-state index in [0.29, 0.717) is 10.8 Å². The molecule has 2 aromatic rings. The molecule has 19 heavy (non-hydrogen) atoms. The summed E-state index contributed by atoms with van der Waals surface area (Å²) in [5.41, 5.74) is -0.294. The molecule has 1 N–H and O–H groups in total. The van der Waals surface area contributed by atoms with Crippen molar-refractivity contribution in [2.24, 2.45) is 0 Å². The van der Waals surface area contributed by atoms with Crippen LogP contribution in [0.1, 0.15) is 0 Å². The molecule has 0 heterocycles. The standard InChI is InChI=1S/C12H9NO5S/c14-11(15)7-19(18)10-6-5-8-3-1-2-4-9(8)12(10)13(16)17/h1-6H,7H2,(H,14,15). The fourth-order valence-electron chi connectivity index (χ4n) is 1.80. The third kappa shape index (κ3) is 2.60. The van der Waals surface area contributed by atoms with E-state index in [4.69, 9.17) is 5.11 Å². The van der Waals surface area contributed by atoms with Crippen molar-refractivity contribution in [2.75, 3.05) is 5.75 Å². The normalized spacial score (nSPS) is 12.2. The Morgan fingerprint density at radius 3 is 2.58 bits per heavy atom. The van der Waals surface area contributed by atoms with Gasteiger partial charge in [-0.2, -0.15) is 0 Å². The summed E-state index contributed by atoms with van der Waals surface area (Å²) in [6.45, 7) is 0. The zero-order valence-electron chi connectivity index (χ0n) is 9.61. The minimum Gasteiger partial charge on any atom is -0.481 e. The van der Waals surface area contributed by atoms with Gasteiger partial charge in [0.25, 0.3) is 5.69 Å². The minimum atomic E-state index is -1.94. The predicted octanol–water partition coefficient (Wildman–Crippen LogP) is 1.94. The second-order valence-corrected chi connectivity index (χ2v) is 5.19. The molecule has 0 aliphatic heterocycles. The van der Waals surface area contributed by atoms with Gasteiger partial charge in [-0.1, -0.05) is 24.3 Å². The fourth-order valence-corrected chi connectivity index (χ4v) is 2.80. The van der Waals surface area contributed by atoms with Gasteiger partial charge in [0.1, 0.15) is 10.6 Å². The first-order chi connectivity index (χ1) is 9.00. The second-order valence-electron chi connectivity index (χ2n) is 3.77. The molecular weight excluding hydrogens is 270 g/mol. The van der Waals surface area contributed by atoms with Crippen molar-refractivity contribution >= 4 is 33.2 Å². The van der Waals surface area contributed by atoms with Gasteiger partial charge in [-0.15, -0.1) is 0 Å². The molecule has 98 valence electrons. The van der Waals surface area contributed by atoms with Crippen LogP contribution < -0.4 is 0 Å². The van der Waals surface area contributed by atoms with E-state index in [1.165, 1.54) is 6.07 Å². The molecule has 0 aromatic heterocycles. The van der Waals surface area contributed by atoms with Crippen LogP contribution in [0.3, 0.4) is 0 Å². The van der Waals surface area contributed by atoms with Crippen molar-refractivity contribution in [3.63, 3.8) is 0 Å². The van der Waals surface area contributed by atoms with Gasteiger partial charge in [-0.25, -0.2) is 0 Å². The Labute approximate surface area is 110 Å². The third-order valence-electron chi connectivity index (χ3n) is 2.55.